The van der Waals surface area contributed by atoms with Crippen LogP contribution in [0.4, 0.5) is 4.39 Å². The van der Waals surface area contributed by atoms with Crippen LogP contribution < -0.4 is 4.74 Å². The van der Waals surface area contributed by atoms with Gasteiger partial charge in [0.2, 0.25) is 0 Å². The summed E-state index contributed by atoms with van der Waals surface area (Å²) < 4.78 is 19.0. The fourth-order valence-corrected chi connectivity index (χ4v) is 2.79. The van der Waals surface area contributed by atoms with Gasteiger partial charge >= 0.3 is 0 Å². The minimum Gasteiger partial charge on any atom is -0.487 e. The number of likely N-dealkylation sites (tertiary alicyclic amines) is 1. The molecule has 7 heteroatoms. The molecule has 0 radical (unpaired) electrons. The van der Waals surface area contributed by atoms with Crippen LogP contribution in [0.1, 0.15) is 23.8 Å². The molecule has 3 rings (SSSR count). The van der Waals surface area contributed by atoms with Gasteiger partial charge in [0.1, 0.15) is 29.0 Å². The van der Waals surface area contributed by atoms with E-state index in [9.17, 15) is 14.3 Å². The maximum atomic E-state index is 13.3. The van der Waals surface area contributed by atoms with Crippen molar-refractivity contribution >= 4 is 5.91 Å². The van der Waals surface area contributed by atoms with Crippen LogP contribution in [0.15, 0.2) is 42.9 Å². The van der Waals surface area contributed by atoms with Crippen LogP contribution in [-0.4, -0.2) is 50.7 Å². The van der Waals surface area contributed by atoms with E-state index in [4.69, 9.17) is 4.74 Å². The molecule has 2 heterocycles. The Morgan fingerprint density at radius 2 is 2.29 bits per heavy atom. The van der Waals surface area contributed by atoms with E-state index in [1.807, 2.05) is 0 Å². The van der Waals surface area contributed by atoms with Crippen LogP contribution in [-0.2, 0) is 0 Å². The third kappa shape index (κ3) is 3.51. The molecule has 1 aliphatic rings. The average Bonchev–Trinajstić information content (AvgIpc) is 2.56. The van der Waals surface area contributed by atoms with Gasteiger partial charge in [0, 0.05) is 31.4 Å². The Kier molecular flexibility index (Phi) is 4.44. The largest absolute Gasteiger partial charge is 0.487 e. The molecule has 1 fully saturated rings. The molecule has 1 amide bonds. The predicted molar refractivity (Wildman–Crippen MR) is 84.0 cm³/mol. The molecule has 0 spiro atoms. The first-order valence-corrected chi connectivity index (χ1v) is 7.65. The number of halogens is 1. The third-order valence-electron chi connectivity index (χ3n) is 4.01. The number of β-amino-alcohol motifs (C(OH)–C–C–N with tert-alkyl or cyclic N) is 1. The second kappa shape index (κ2) is 6.52. The van der Waals surface area contributed by atoms with Crippen LogP contribution in [0.3, 0.4) is 0 Å². The van der Waals surface area contributed by atoms with Crippen LogP contribution in [0.5, 0.6) is 5.75 Å². The van der Waals surface area contributed by atoms with E-state index in [0.29, 0.717) is 18.7 Å². The lowest BCUT2D eigenvalue weighted by Crippen LogP contribution is -2.58. The molecule has 24 heavy (non-hydrogen) atoms. The Morgan fingerprint density at radius 1 is 1.46 bits per heavy atom. The summed E-state index contributed by atoms with van der Waals surface area (Å²) in [4.78, 5) is 21.8. The van der Waals surface area contributed by atoms with E-state index in [2.05, 4.69) is 9.97 Å². The highest BCUT2D eigenvalue weighted by Gasteiger charge is 2.41. The molecule has 2 aromatic rings. The number of hydrogen-bond donors (Lipinski definition) is 1. The van der Waals surface area contributed by atoms with Gasteiger partial charge in [-0.1, -0.05) is 6.07 Å². The Hall–Kier alpha value is -2.54. The third-order valence-corrected chi connectivity index (χ3v) is 4.01. The predicted octanol–water partition coefficient (Wildman–Crippen LogP) is 1.66. The number of nitrogens with zero attached hydrogens (tertiary/aromatic N) is 3. The summed E-state index contributed by atoms with van der Waals surface area (Å²) in [6.07, 6.45) is 4.23. The Morgan fingerprint density at radius 3 is 2.96 bits per heavy atom. The minimum absolute atomic E-state index is 0.0996. The molecule has 0 aliphatic carbocycles. The number of aromatic nitrogens is 2. The van der Waals surface area contributed by atoms with Crippen molar-refractivity contribution in [3.8, 4) is 5.75 Å². The SMILES string of the molecule is C[C@]1(O)CN(C(=O)c2cnccn2)CC[C@@H]1Oc1cccc(F)c1. The quantitative estimate of drug-likeness (QED) is 0.926. The van der Waals surface area contributed by atoms with E-state index in [0.717, 1.165) is 0 Å². The standard InChI is InChI=1S/C17H18FN3O3/c1-17(23)11-21(16(22)14-10-19-6-7-20-14)8-5-15(17)24-13-4-2-3-12(18)9-13/h2-4,6-7,9-10,15,23H,5,8,11H2,1H3/t15-,17-/m0/s1. The molecule has 1 aliphatic heterocycles. The van der Waals surface area contributed by atoms with Crippen molar-refractivity contribution in [2.24, 2.45) is 0 Å². The lowest BCUT2D eigenvalue weighted by molar-refractivity contribution is -0.0900. The normalized spacial score (nSPS) is 23.8. The van der Waals surface area contributed by atoms with Crippen molar-refractivity contribution < 1.29 is 19.0 Å². The Labute approximate surface area is 138 Å². The van der Waals surface area contributed by atoms with Crippen molar-refractivity contribution in [1.82, 2.24) is 14.9 Å². The van der Waals surface area contributed by atoms with Crippen molar-refractivity contribution in [1.29, 1.82) is 0 Å². The highest BCUT2D eigenvalue weighted by Crippen LogP contribution is 2.27. The lowest BCUT2D eigenvalue weighted by Gasteiger charge is -2.42. The number of amides is 1. The summed E-state index contributed by atoms with van der Waals surface area (Å²) in [5.74, 6) is -0.330. The number of ether oxygens (including phenoxy) is 1. The monoisotopic (exact) mass is 331 g/mol. The molecule has 1 aromatic carbocycles. The molecule has 6 nitrogen and oxygen atoms in total. The smallest absolute Gasteiger partial charge is 0.274 e. The molecule has 0 saturated carbocycles. The van der Waals surface area contributed by atoms with E-state index in [-0.39, 0.29) is 18.1 Å². The molecule has 1 saturated heterocycles. The van der Waals surface area contributed by atoms with Crippen molar-refractivity contribution in [2.45, 2.75) is 25.0 Å². The molecule has 2 atom stereocenters. The van der Waals surface area contributed by atoms with Crippen molar-refractivity contribution in [2.75, 3.05) is 13.1 Å². The Balaban J connectivity index is 1.69. The van der Waals surface area contributed by atoms with Gasteiger partial charge in [0.25, 0.3) is 5.91 Å². The second-order valence-electron chi connectivity index (χ2n) is 6.03. The first-order valence-electron chi connectivity index (χ1n) is 7.65. The van der Waals surface area contributed by atoms with Gasteiger partial charge in [0.15, 0.2) is 0 Å². The summed E-state index contributed by atoms with van der Waals surface area (Å²) in [6, 6.07) is 5.78. The topological polar surface area (TPSA) is 75.5 Å². The van der Waals surface area contributed by atoms with E-state index in [1.54, 1.807) is 19.1 Å². The van der Waals surface area contributed by atoms with Crippen LogP contribution in [0.2, 0.25) is 0 Å². The van der Waals surface area contributed by atoms with Gasteiger partial charge in [-0.15, -0.1) is 0 Å². The zero-order chi connectivity index (χ0) is 17.2. The number of carbonyl (C=O) groups is 1. The molecule has 0 bridgehead atoms. The van der Waals surface area contributed by atoms with Crippen molar-refractivity contribution in [3.63, 3.8) is 0 Å². The number of aliphatic hydroxyl groups is 1. The molecule has 0 unspecified atom stereocenters. The first-order chi connectivity index (χ1) is 11.5. The fraction of sp³-hybridized carbons (Fsp3) is 0.353. The molecule has 126 valence electrons. The first kappa shape index (κ1) is 16.3. The summed E-state index contributed by atoms with van der Waals surface area (Å²) in [5, 5.41) is 10.7. The van der Waals surface area contributed by atoms with Crippen LogP contribution in [0.25, 0.3) is 0 Å². The van der Waals surface area contributed by atoms with Gasteiger partial charge in [-0.2, -0.15) is 0 Å². The van der Waals surface area contributed by atoms with Crippen LogP contribution in [0, 0.1) is 5.82 Å². The van der Waals surface area contributed by atoms with Gasteiger partial charge in [-0.05, 0) is 19.1 Å². The zero-order valence-corrected chi connectivity index (χ0v) is 13.2. The van der Waals surface area contributed by atoms with Gasteiger partial charge in [0.05, 0.1) is 12.7 Å². The minimum atomic E-state index is -1.26. The molecular formula is C17H18FN3O3. The second-order valence-corrected chi connectivity index (χ2v) is 6.03. The fourth-order valence-electron chi connectivity index (χ4n) is 2.79. The molecule has 1 N–H and O–H groups in total. The highest BCUT2D eigenvalue weighted by molar-refractivity contribution is 5.92. The highest BCUT2D eigenvalue weighted by atomic mass is 19.1. The Bertz CT molecular complexity index is 724. The van der Waals surface area contributed by atoms with E-state index >= 15 is 0 Å². The zero-order valence-electron chi connectivity index (χ0n) is 13.2. The lowest BCUT2D eigenvalue weighted by atomic mass is 9.91. The van der Waals surface area contributed by atoms with Gasteiger partial charge < -0.3 is 14.7 Å². The van der Waals surface area contributed by atoms with E-state index in [1.165, 1.54) is 35.6 Å². The maximum Gasteiger partial charge on any atom is 0.274 e. The maximum absolute atomic E-state index is 13.3. The number of carbonyl (C=O) groups excluding carboxylic acids is 1. The summed E-state index contributed by atoms with van der Waals surface area (Å²) in [6.45, 7) is 2.11. The van der Waals surface area contributed by atoms with Gasteiger partial charge in [-0.25, -0.2) is 9.37 Å². The summed E-state index contributed by atoms with van der Waals surface area (Å²) >= 11 is 0. The van der Waals surface area contributed by atoms with Crippen LogP contribution >= 0.6 is 0 Å². The average molecular weight is 331 g/mol. The number of hydrogen-bond acceptors (Lipinski definition) is 5. The van der Waals surface area contributed by atoms with Crippen molar-refractivity contribution in [3.05, 3.63) is 54.4 Å². The summed E-state index contributed by atoms with van der Waals surface area (Å²) in [7, 11) is 0. The number of piperidine rings is 1. The van der Waals surface area contributed by atoms with E-state index < -0.39 is 17.5 Å². The summed E-state index contributed by atoms with van der Waals surface area (Å²) in [5.41, 5.74) is -1.03. The molecule has 1 aromatic heterocycles. The molecular weight excluding hydrogens is 313 g/mol. The van der Waals surface area contributed by atoms with Gasteiger partial charge in [-0.3, -0.25) is 9.78 Å². The number of benzene rings is 1. The number of rotatable bonds is 3.